The monoisotopic (exact) mass is 399 g/mol. The van der Waals surface area contributed by atoms with Gasteiger partial charge in [0.15, 0.2) is 5.92 Å². The van der Waals surface area contributed by atoms with Crippen molar-refractivity contribution < 1.29 is 14.4 Å². The lowest BCUT2D eigenvalue weighted by molar-refractivity contribution is -0.131. The third-order valence-electron chi connectivity index (χ3n) is 3.71. The predicted octanol–water partition coefficient (Wildman–Crippen LogP) is 3.36. The molecular weight excluding hydrogens is 386 g/mol. The van der Waals surface area contributed by atoms with Gasteiger partial charge in [-0.2, -0.15) is 0 Å². The van der Waals surface area contributed by atoms with Crippen LogP contribution in [0.4, 0.5) is 16.2 Å². The fourth-order valence-corrected chi connectivity index (χ4v) is 2.76. The number of aryl methyl sites for hydroxylation is 1. The Bertz CT molecular complexity index is 877. The number of nitrogens with zero attached hydrogens (tertiary/aromatic N) is 2. The number of nitrogens with one attached hydrogen (secondary N) is 1. The van der Waals surface area contributed by atoms with Crippen molar-refractivity contribution in [2.75, 3.05) is 4.90 Å². The average molecular weight is 400 g/mol. The lowest BCUT2D eigenvalue weighted by atomic mass is 10.1. The first-order valence-electron chi connectivity index (χ1n) is 7.51. The lowest BCUT2D eigenvalue weighted by Gasteiger charge is -2.28. The number of imide groups is 2. The number of para-hydroxylation sites is 1. The van der Waals surface area contributed by atoms with Crippen molar-refractivity contribution in [1.29, 1.82) is 0 Å². The van der Waals surface area contributed by atoms with Gasteiger partial charge in [0, 0.05) is 10.7 Å². The summed E-state index contributed by atoms with van der Waals surface area (Å²) in [5.41, 5.74) is 1.98. The van der Waals surface area contributed by atoms with Gasteiger partial charge in [-0.15, -0.1) is 0 Å². The van der Waals surface area contributed by atoms with E-state index < -0.39 is 23.8 Å². The number of hydrogen-bond donors (Lipinski definition) is 1. The van der Waals surface area contributed by atoms with Crippen molar-refractivity contribution in [3.05, 3.63) is 58.6 Å². The quantitative estimate of drug-likeness (QED) is 0.634. The Morgan fingerprint density at radius 2 is 1.76 bits per heavy atom. The SMILES string of the molecule is Cc1ccc(N2C(=O)NC(=O)[C@@H](C=Nc3ccccc3Br)C2=O)cc1. The van der Waals surface area contributed by atoms with Crippen LogP contribution in [-0.2, 0) is 9.59 Å². The molecule has 1 heterocycles. The van der Waals surface area contributed by atoms with Crippen LogP contribution >= 0.6 is 15.9 Å². The zero-order chi connectivity index (χ0) is 18.0. The normalized spacial score (nSPS) is 17.9. The molecule has 25 heavy (non-hydrogen) atoms. The summed E-state index contributed by atoms with van der Waals surface area (Å²) in [6.07, 6.45) is 1.26. The Morgan fingerprint density at radius 1 is 1.08 bits per heavy atom. The van der Waals surface area contributed by atoms with Gasteiger partial charge in [-0.3, -0.25) is 19.9 Å². The number of amides is 4. The minimum Gasteiger partial charge on any atom is -0.276 e. The molecule has 0 radical (unpaired) electrons. The molecule has 126 valence electrons. The standard InChI is InChI=1S/C18H14BrN3O3/c1-11-6-8-12(9-7-11)22-17(24)13(16(23)21-18(22)25)10-20-15-5-3-2-4-14(15)19/h2-10,13H,1H3,(H,21,23,25)/t13-/m1/s1. The molecule has 0 spiro atoms. The highest BCUT2D eigenvalue weighted by Crippen LogP contribution is 2.25. The summed E-state index contributed by atoms with van der Waals surface area (Å²) in [6, 6.07) is 13.3. The van der Waals surface area contributed by atoms with Crippen molar-refractivity contribution in [2.45, 2.75) is 6.92 Å². The van der Waals surface area contributed by atoms with Crippen molar-refractivity contribution >= 4 is 51.4 Å². The molecule has 1 atom stereocenters. The molecule has 0 aromatic heterocycles. The first-order chi connectivity index (χ1) is 12.0. The number of carbonyl (C=O) groups excluding carboxylic acids is 3. The second-order valence-electron chi connectivity index (χ2n) is 5.51. The van der Waals surface area contributed by atoms with E-state index in [-0.39, 0.29) is 0 Å². The third kappa shape index (κ3) is 3.51. The van der Waals surface area contributed by atoms with Crippen molar-refractivity contribution in [1.82, 2.24) is 5.32 Å². The van der Waals surface area contributed by atoms with Crippen molar-refractivity contribution in [2.24, 2.45) is 10.9 Å². The van der Waals surface area contributed by atoms with Crippen LogP contribution in [0.2, 0.25) is 0 Å². The summed E-state index contributed by atoms with van der Waals surface area (Å²) >= 11 is 3.35. The number of barbiturate groups is 1. The lowest BCUT2D eigenvalue weighted by Crippen LogP contribution is -2.58. The van der Waals surface area contributed by atoms with Crippen LogP contribution in [0.5, 0.6) is 0 Å². The Balaban J connectivity index is 1.90. The molecule has 4 amide bonds. The van der Waals surface area contributed by atoms with Crippen LogP contribution in [0.1, 0.15) is 5.56 Å². The topological polar surface area (TPSA) is 78.8 Å². The summed E-state index contributed by atoms with van der Waals surface area (Å²) in [4.78, 5) is 42.0. The molecule has 1 N–H and O–H groups in total. The van der Waals surface area contributed by atoms with Crippen molar-refractivity contribution in [3.63, 3.8) is 0 Å². The Labute approximate surface area is 152 Å². The summed E-state index contributed by atoms with van der Waals surface area (Å²) in [6.45, 7) is 1.90. The maximum absolute atomic E-state index is 12.7. The van der Waals surface area contributed by atoms with Gasteiger partial charge in [-0.25, -0.2) is 9.69 Å². The third-order valence-corrected chi connectivity index (χ3v) is 4.38. The highest BCUT2D eigenvalue weighted by molar-refractivity contribution is 9.10. The smallest absolute Gasteiger partial charge is 0.276 e. The van der Waals surface area contributed by atoms with E-state index in [9.17, 15) is 14.4 Å². The van der Waals surface area contributed by atoms with Gasteiger partial charge < -0.3 is 0 Å². The molecule has 2 aromatic rings. The van der Waals surface area contributed by atoms with E-state index in [0.717, 1.165) is 14.9 Å². The van der Waals surface area contributed by atoms with E-state index >= 15 is 0 Å². The highest BCUT2D eigenvalue weighted by Gasteiger charge is 2.40. The predicted molar refractivity (Wildman–Crippen MR) is 98.0 cm³/mol. The van der Waals surface area contributed by atoms with Gasteiger partial charge in [0.2, 0.25) is 5.91 Å². The second kappa shape index (κ2) is 6.98. The molecule has 1 fully saturated rings. The summed E-state index contributed by atoms with van der Waals surface area (Å²) < 4.78 is 0.737. The first-order valence-corrected chi connectivity index (χ1v) is 8.31. The van der Waals surface area contributed by atoms with E-state index in [1.165, 1.54) is 6.21 Å². The molecule has 6 nitrogen and oxygen atoms in total. The zero-order valence-corrected chi connectivity index (χ0v) is 14.9. The number of urea groups is 1. The number of hydrogen-bond acceptors (Lipinski definition) is 4. The Kier molecular flexibility index (Phi) is 4.76. The zero-order valence-electron chi connectivity index (χ0n) is 13.3. The molecule has 1 aliphatic rings. The Morgan fingerprint density at radius 3 is 2.44 bits per heavy atom. The van der Waals surface area contributed by atoms with Crippen LogP contribution in [0.25, 0.3) is 0 Å². The number of carbonyl (C=O) groups is 3. The van der Waals surface area contributed by atoms with Crippen LogP contribution in [-0.4, -0.2) is 24.1 Å². The fourth-order valence-electron chi connectivity index (χ4n) is 2.37. The molecule has 0 aliphatic carbocycles. The largest absolute Gasteiger partial charge is 0.335 e. The first kappa shape index (κ1) is 17.0. The summed E-state index contributed by atoms with van der Waals surface area (Å²) in [7, 11) is 0. The van der Waals surface area contributed by atoms with Crippen LogP contribution in [0.15, 0.2) is 58.0 Å². The van der Waals surface area contributed by atoms with Gasteiger partial charge in [-0.1, -0.05) is 29.8 Å². The molecule has 0 unspecified atom stereocenters. The van der Waals surface area contributed by atoms with Crippen LogP contribution in [0.3, 0.4) is 0 Å². The van der Waals surface area contributed by atoms with Gasteiger partial charge in [0.25, 0.3) is 5.91 Å². The maximum atomic E-state index is 12.7. The van der Waals surface area contributed by atoms with E-state index in [1.807, 2.05) is 13.0 Å². The number of aliphatic imine (C=N–C) groups is 1. The molecular formula is C18H14BrN3O3. The van der Waals surface area contributed by atoms with Crippen LogP contribution in [0, 0.1) is 12.8 Å². The van der Waals surface area contributed by atoms with Gasteiger partial charge >= 0.3 is 6.03 Å². The molecule has 0 saturated carbocycles. The molecule has 1 saturated heterocycles. The van der Waals surface area contributed by atoms with Crippen molar-refractivity contribution in [3.8, 4) is 0 Å². The minimum absolute atomic E-state index is 0.403. The van der Waals surface area contributed by atoms with Gasteiger partial charge in [0.1, 0.15) is 0 Å². The average Bonchev–Trinajstić information content (AvgIpc) is 2.57. The van der Waals surface area contributed by atoms with Crippen LogP contribution < -0.4 is 10.2 Å². The van der Waals surface area contributed by atoms with E-state index in [4.69, 9.17) is 0 Å². The number of anilines is 1. The minimum atomic E-state index is -1.17. The van der Waals surface area contributed by atoms with Gasteiger partial charge in [0.05, 0.1) is 11.4 Å². The number of halogens is 1. The molecule has 1 aliphatic heterocycles. The molecule has 7 heteroatoms. The fraction of sp³-hybridized carbons (Fsp3) is 0.111. The van der Waals surface area contributed by atoms with E-state index in [1.54, 1.807) is 42.5 Å². The number of benzene rings is 2. The van der Waals surface area contributed by atoms with E-state index in [2.05, 4.69) is 26.2 Å². The molecule has 3 rings (SSSR count). The molecule has 2 aromatic carbocycles. The highest BCUT2D eigenvalue weighted by atomic mass is 79.9. The summed E-state index contributed by atoms with van der Waals surface area (Å²) in [5.74, 6) is -2.49. The Hall–Kier alpha value is -2.80. The van der Waals surface area contributed by atoms with E-state index in [0.29, 0.717) is 11.4 Å². The summed E-state index contributed by atoms with van der Waals surface area (Å²) in [5, 5.41) is 2.20. The maximum Gasteiger partial charge on any atom is 0.335 e. The molecule has 0 bridgehead atoms. The number of rotatable bonds is 3. The second-order valence-corrected chi connectivity index (χ2v) is 6.37. The van der Waals surface area contributed by atoms with Gasteiger partial charge in [-0.05, 0) is 47.1 Å².